The zero-order valence-electron chi connectivity index (χ0n) is 13.4. The number of tetrazole rings is 1. The number of carbonyl (C=O) groups excluding carboxylic acids is 1. The van der Waals surface area contributed by atoms with E-state index in [2.05, 4.69) is 27.8 Å². The van der Waals surface area contributed by atoms with Crippen molar-refractivity contribution >= 4 is 23.4 Å². The molecule has 3 aromatic rings. The Bertz CT molecular complexity index is 834. The van der Waals surface area contributed by atoms with E-state index in [1.54, 1.807) is 28.6 Å². The summed E-state index contributed by atoms with van der Waals surface area (Å²) in [7, 11) is 1.81. The van der Waals surface area contributed by atoms with E-state index in [1.165, 1.54) is 0 Å². The molecule has 3 rings (SSSR count). The monoisotopic (exact) mass is 339 g/mol. The van der Waals surface area contributed by atoms with E-state index < -0.39 is 0 Å². The largest absolute Gasteiger partial charge is 0.322 e. The molecule has 1 heterocycles. The van der Waals surface area contributed by atoms with Crippen molar-refractivity contribution in [3.8, 4) is 0 Å². The first kappa shape index (κ1) is 16.2. The Kier molecular flexibility index (Phi) is 4.90. The Hall–Kier alpha value is -2.67. The average molecular weight is 339 g/mol. The number of rotatable bonds is 5. The maximum Gasteiger partial charge on any atom is 0.255 e. The number of aromatic nitrogens is 4. The predicted molar refractivity (Wildman–Crippen MR) is 93.9 cm³/mol. The number of hydrogen-bond donors (Lipinski definition) is 1. The number of thioether (sulfide) groups is 1. The van der Waals surface area contributed by atoms with E-state index >= 15 is 0 Å². The van der Waals surface area contributed by atoms with Crippen LogP contribution in [0.4, 0.5) is 5.69 Å². The number of aryl methyl sites for hydroxylation is 1. The summed E-state index contributed by atoms with van der Waals surface area (Å²) >= 11 is 1.57. The van der Waals surface area contributed by atoms with Gasteiger partial charge < -0.3 is 5.32 Å². The lowest BCUT2D eigenvalue weighted by atomic mass is 10.1. The van der Waals surface area contributed by atoms with Crippen molar-refractivity contribution in [1.29, 1.82) is 0 Å². The Balaban J connectivity index is 1.72. The first-order chi connectivity index (χ1) is 11.6. The first-order valence-electron chi connectivity index (χ1n) is 7.49. The van der Waals surface area contributed by atoms with Gasteiger partial charge in [0.15, 0.2) is 0 Å². The van der Waals surface area contributed by atoms with Gasteiger partial charge in [0.2, 0.25) is 5.16 Å². The molecule has 1 N–H and O–H groups in total. The number of carbonyl (C=O) groups is 1. The van der Waals surface area contributed by atoms with Gasteiger partial charge in [-0.3, -0.25) is 4.79 Å². The van der Waals surface area contributed by atoms with Gasteiger partial charge in [-0.2, -0.15) is 0 Å². The molecule has 1 aromatic heterocycles. The molecule has 0 fully saturated rings. The smallest absolute Gasteiger partial charge is 0.255 e. The molecule has 0 aliphatic rings. The molecule has 7 heteroatoms. The van der Waals surface area contributed by atoms with Crippen molar-refractivity contribution in [2.45, 2.75) is 17.3 Å². The second-order valence-corrected chi connectivity index (χ2v) is 6.60. The fourth-order valence-corrected chi connectivity index (χ4v) is 3.08. The zero-order valence-corrected chi connectivity index (χ0v) is 14.2. The number of hydrogen-bond acceptors (Lipinski definition) is 5. The van der Waals surface area contributed by atoms with Crippen molar-refractivity contribution in [3.63, 3.8) is 0 Å². The van der Waals surface area contributed by atoms with E-state index in [4.69, 9.17) is 0 Å². The quantitative estimate of drug-likeness (QED) is 0.722. The Morgan fingerprint density at radius 3 is 2.67 bits per heavy atom. The third-order valence-electron chi connectivity index (χ3n) is 3.51. The van der Waals surface area contributed by atoms with Crippen LogP contribution in [0.5, 0.6) is 0 Å². The van der Waals surface area contributed by atoms with Crippen LogP contribution in [0.1, 0.15) is 28.1 Å². The van der Waals surface area contributed by atoms with Gasteiger partial charge >= 0.3 is 0 Å². The van der Waals surface area contributed by atoms with Gasteiger partial charge in [0, 0.05) is 23.5 Å². The third kappa shape index (κ3) is 3.80. The summed E-state index contributed by atoms with van der Waals surface area (Å²) in [6.07, 6.45) is 0. The lowest BCUT2D eigenvalue weighted by Crippen LogP contribution is -2.11. The third-order valence-corrected chi connectivity index (χ3v) is 4.70. The van der Waals surface area contributed by atoms with Crippen LogP contribution in [0, 0.1) is 0 Å². The molecule has 6 nitrogen and oxygen atoms in total. The second kappa shape index (κ2) is 7.27. The standard InChI is InChI=1S/C17H17N5OS/c1-12(24-17-19-20-21-22(17)2)14-9-6-10-15(11-14)18-16(23)13-7-4-3-5-8-13/h3-12H,1-2H3,(H,18,23). The lowest BCUT2D eigenvalue weighted by Gasteiger charge is -2.12. The van der Waals surface area contributed by atoms with E-state index in [1.807, 2.05) is 49.5 Å². The Morgan fingerprint density at radius 1 is 1.17 bits per heavy atom. The van der Waals surface area contributed by atoms with E-state index in [0.717, 1.165) is 16.4 Å². The second-order valence-electron chi connectivity index (χ2n) is 5.29. The fraction of sp³-hybridized carbons (Fsp3) is 0.176. The molecule has 0 saturated carbocycles. The molecular formula is C17H17N5OS. The van der Waals surface area contributed by atoms with Crippen molar-refractivity contribution < 1.29 is 4.79 Å². The molecule has 2 aromatic carbocycles. The highest BCUT2D eigenvalue weighted by Gasteiger charge is 2.13. The summed E-state index contributed by atoms with van der Waals surface area (Å²) < 4.78 is 1.64. The number of benzene rings is 2. The number of amides is 1. The van der Waals surface area contributed by atoms with Crippen LogP contribution in [0.25, 0.3) is 0 Å². The van der Waals surface area contributed by atoms with E-state index in [9.17, 15) is 4.79 Å². The molecular weight excluding hydrogens is 322 g/mol. The summed E-state index contributed by atoms with van der Waals surface area (Å²) in [5.41, 5.74) is 2.49. The van der Waals surface area contributed by atoms with Gasteiger partial charge in [-0.25, -0.2) is 4.68 Å². The molecule has 0 spiro atoms. The van der Waals surface area contributed by atoms with E-state index in [-0.39, 0.29) is 11.2 Å². The summed E-state index contributed by atoms with van der Waals surface area (Å²) in [4.78, 5) is 12.3. The highest BCUT2D eigenvalue weighted by Crippen LogP contribution is 2.33. The van der Waals surface area contributed by atoms with E-state index in [0.29, 0.717) is 5.56 Å². The van der Waals surface area contributed by atoms with Crippen LogP contribution in [0.15, 0.2) is 59.8 Å². The van der Waals surface area contributed by atoms with Crippen molar-refractivity contribution in [2.75, 3.05) is 5.32 Å². The number of nitrogens with zero attached hydrogens (tertiary/aromatic N) is 4. The van der Waals surface area contributed by atoms with Gasteiger partial charge in [0.1, 0.15) is 0 Å². The van der Waals surface area contributed by atoms with Crippen molar-refractivity contribution in [1.82, 2.24) is 20.2 Å². The minimum atomic E-state index is -0.120. The van der Waals surface area contributed by atoms with Crippen LogP contribution in [-0.2, 0) is 7.05 Å². The number of anilines is 1. The van der Waals surface area contributed by atoms with Gasteiger partial charge in [-0.05, 0) is 47.2 Å². The molecule has 0 saturated heterocycles. The predicted octanol–water partition coefficient (Wildman–Crippen LogP) is 3.32. The summed E-state index contributed by atoms with van der Waals surface area (Å²) in [5, 5.41) is 15.3. The molecule has 0 radical (unpaired) electrons. The van der Waals surface area contributed by atoms with Gasteiger partial charge in [0.25, 0.3) is 5.91 Å². The normalized spacial score (nSPS) is 11.9. The molecule has 1 unspecified atom stereocenters. The summed E-state index contributed by atoms with van der Waals surface area (Å²) in [6, 6.07) is 17.0. The minimum Gasteiger partial charge on any atom is -0.322 e. The topological polar surface area (TPSA) is 72.7 Å². The SMILES string of the molecule is CC(Sc1nnnn1C)c1cccc(NC(=O)c2ccccc2)c1. The van der Waals surface area contributed by atoms with Crippen LogP contribution < -0.4 is 5.32 Å². The molecule has 0 aliphatic heterocycles. The van der Waals surface area contributed by atoms with Gasteiger partial charge in [0.05, 0.1) is 0 Å². The maximum absolute atomic E-state index is 12.3. The average Bonchev–Trinajstić information content (AvgIpc) is 3.00. The zero-order chi connectivity index (χ0) is 16.9. The fourth-order valence-electron chi connectivity index (χ4n) is 2.21. The molecule has 24 heavy (non-hydrogen) atoms. The lowest BCUT2D eigenvalue weighted by molar-refractivity contribution is 0.102. The number of nitrogens with one attached hydrogen (secondary N) is 1. The highest BCUT2D eigenvalue weighted by molar-refractivity contribution is 7.99. The Morgan fingerprint density at radius 2 is 1.96 bits per heavy atom. The Labute approximate surface area is 144 Å². The van der Waals surface area contributed by atoms with Gasteiger partial charge in [-0.15, -0.1) is 5.10 Å². The van der Waals surface area contributed by atoms with Crippen LogP contribution in [-0.4, -0.2) is 26.1 Å². The summed E-state index contributed by atoms with van der Waals surface area (Å²) in [5.74, 6) is -0.120. The maximum atomic E-state index is 12.3. The molecule has 1 atom stereocenters. The van der Waals surface area contributed by atoms with Crippen LogP contribution in [0.2, 0.25) is 0 Å². The minimum absolute atomic E-state index is 0.120. The van der Waals surface area contributed by atoms with Crippen LogP contribution in [0.3, 0.4) is 0 Å². The molecule has 0 aliphatic carbocycles. The van der Waals surface area contributed by atoms with Crippen molar-refractivity contribution in [3.05, 3.63) is 65.7 Å². The first-order valence-corrected chi connectivity index (χ1v) is 8.37. The van der Waals surface area contributed by atoms with Crippen molar-refractivity contribution in [2.24, 2.45) is 7.05 Å². The summed E-state index contributed by atoms with van der Waals surface area (Å²) in [6.45, 7) is 2.08. The van der Waals surface area contributed by atoms with Gasteiger partial charge in [-0.1, -0.05) is 42.1 Å². The molecule has 0 bridgehead atoms. The van der Waals surface area contributed by atoms with Crippen LogP contribution >= 0.6 is 11.8 Å². The highest BCUT2D eigenvalue weighted by atomic mass is 32.2. The molecule has 122 valence electrons. The molecule has 1 amide bonds.